The molecule has 2 fully saturated rings. The van der Waals surface area contributed by atoms with Crippen LogP contribution in [0.15, 0.2) is 5.29 Å². The molecule has 2 unspecified atom stereocenters. The van der Waals surface area contributed by atoms with Crippen molar-refractivity contribution in [1.29, 1.82) is 5.26 Å². The zero-order chi connectivity index (χ0) is 18.7. The van der Waals surface area contributed by atoms with Crippen molar-refractivity contribution in [3.8, 4) is 6.07 Å². The molecule has 0 aromatic rings. The van der Waals surface area contributed by atoms with Gasteiger partial charge in [0.1, 0.15) is 12.2 Å². The molecule has 25 heavy (non-hydrogen) atoms. The molecule has 0 aromatic carbocycles. The summed E-state index contributed by atoms with van der Waals surface area (Å²) >= 11 is 0. The van der Waals surface area contributed by atoms with Gasteiger partial charge in [-0.05, 0) is 26.2 Å². The summed E-state index contributed by atoms with van der Waals surface area (Å²) < 4.78 is 42.3. The third-order valence-electron chi connectivity index (χ3n) is 4.92. The fourth-order valence-electron chi connectivity index (χ4n) is 3.69. The fraction of sp³-hybridized carbons (Fsp3) is 0.867. The van der Waals surface area contributed by atoms with Crippen LogP contribution in [0.25, 0.3) is 0 Å². The standard InChI is InChI=1S/C15H21F3N4O3/c1-11(22(20-24)12-6-3-2-4-7-12)21-9-5-8-14(21,10-19)25-13(23)15(16,17)18/h11-12H,2-9H2,1H3. The molecule has 2 aliphatic rings. The number of halogens is 3. The zero-order valence-electron chi connectivity index (χ0n) is 14.0. The summed E-state index contributed by atoms with van der Waals surface area (Å²) in [6.45, 7) is 1.83. The van der Waals surface area contributed by atoms with Crippen LogP contribution in [0.4, 0.5) is 13.2 Å². The fourth-order valence-corrected chi connectivity index (χ4v) is 3.69. The molecule has 2 atom stereocenters. The van der Waals surface area contributed by atoms with E-state index in [1.807, 2.05) is 0 Å². The summed E-state index contributed by atoms with van der Waals surface area (Å²) in [5, 5.41) is 13.8. The zero-order valence-corrected chi connectivity index (χ0v) is 14.0. The van der Waals surface area contributed by atoms with E-state index in [0.717, 1.165) is 32.1 Å². The average molecular weight is 362 g/mol. The first-order chi connectivity index (χ1) is 11.7. The first kappa shape index (κ1) is 19.4. The predicted octanol–water partition coefficient (Wildman–Crippen LogP) is 3.07. The molecular weight excluding hydrogens is 341 g/mol. The van der Waals surface area contributed by atoms with Crippen LogP contribution >= 0.6 is 0 Å². The molecule has 2 rings (SSSR count). The van der Waals surface area contributed by atoms with Crippen LogP contribution in [0.1, 0.15) is 51.9 Å². The van der Waals surface area contributed by atoms with Gasteiger partial charge >= 0.3 is 12.1 Å². The maximum atomic E-state index is 12.6. The van der Waals surface area contributed by atoms with E-state index in [1.165, 1.54) is 9.91 Å². The minimum Gasteiger partial charge on any atom is -0.423 e. The van der Waals surface area contributed by atoms with Gasteiger partial charge in [0.2, 0.25) is 0 Å². The summed E-state index contributed by atoms with van der Waals surface area (Å²) in [6, 6.07) is 1.58. The minimum atomic E-state index is -5.19. The molecule has 0 radical (unpaired) electrons. The quantitative estimate of drug-likeness (QED) is 0.424. The lowest BCUT2D eigenvalue weighted by Gasteiger charge is -2.42. The highest BCUT2D eigenvalue weighted by atomic mass is 19.4. The van der Waals surface area contributed by atoms with Gasteiger partial charge in [0.05, 0.1) is 11.3 Å². The molecule has 10 heteroatoms. The molecule has 0 spiro atoms. The van der Waals surface area contributed by atoms with Crippen LogP contribution in [0.5, 0.6) is 0 Å². The average Bonchev–Trinajstić information content (AvgIpc) is 2.99. The van der Waals surface area contributed by atoms with E-state index in [1.54, 1.807) is 13.0 Å². The number of likely N-dealkylation sites (tertiary alicyclic amines) is 1. The van der Waals surface area contributed by atoms with Crippen molar-refractivity contribution in [2.45, 2.75) is 76.0 Å². The Hall–Kier alpha value is -1.89. The van der Waals surface area contributed by atoms with Gasteiger partial charge in [-0.25, -0.2) is 14.7 Å². The Morgan fingerprint density at radius 1 is 1.36 bits per heavy atom. The smallest absolute Gasteiger partial charge is 0.423 e. The number of carbonyl (C=O) groups excluding carboxylic acids is 1. The highest BCUT2D eigenvalue weighted by molar-refractivity contribution is 5.76. The SMILES string of the molecule is CC(N(N=O)C1CCCCC1)N1CCCC1(C#N)OC(=O)C(F)(F)F. The maximum Gasteiger partial charge on any atom is 0.491 e. The lowest BCUT2D eigenvalue weighted by atomic mass is 9.95. The minimum absolute atomic E-state index is 0.0486. The molecule has 1 saturated carbocycles. The summed E-state index contributed by atoms with van der Waals surface area (Å²) in [7, 11) is 0. The number of carbonyl (C=O) groups is 1. The van der Waals surface area contributed by atoms with Crippen LogP contribution in [0.3, 0.4) is 0 Å². The lowest BCUT2D eigenvalue weighted by Crippen LogP contribution is -2.57. The Bertz CT molecular complexity index is 545. The highest BCUT2D eigenvalue weighted by Crippen LogP contribution is 2.36. The number of nitroso groups, excluding NO2 is 1. The highest BCUT2D eigenvalue weighted by Gasteiger charge is 2.53. The van der Waals surface area contributed by atoms with Gasteiger partial charge in [0.25, 0.3) is 5.72 Å². The largest absolute Gasteiger partial charge is 0.491 e. The molecule has 7 nitrogen and oxygen atoms in total. The van der Waals surface area contributed by atoms with Crippen LogP contribution in [0, 0.1) is 16.2 Å². The van der Waals surface area contributed by atoms with Crippen molar-refractivity contribution in [3.05, 3.63) is 4.91 Å². The van der Waals surface area contributed by atoms with Crippen molar-refractivity contribution in [1.82, 2.24) is 9.91 Å². The molecule has 1 heterocycles. The van der Waals surface area contributed by atoms with Gasteiger partial charge in [0, 0.05) is 13.0 Å². The van der Waals surface area contributed by atoms with E-state index >= 15 is 0 Å². The van der Waals surface area contributed by atoms with Crippen molar-refractivity contribution >= 4 is 5.97 Å². The lowest BCUT2D eigenvalue weighted by molar-refractivity contribution is -0.224. The second-order valence-electron chi connectivity index (χ2n) is 6.47. The Morgan fingerprint density at radius 3 is 2.52 bits per heavy atom. The maximum absolute atomic E-state index is 12.6. The van der Waals surface area contributed by atoms with Crippen molar-refractivity contribution in [2.24, 2.45) is 5.29 Å². The topological polar surface area (TPSA) is 86.0 Å². The molecule has 0 aromatic heterocycles. The second-order valence-corrected chi connectivity index (χ2v) is 6.47. The third kappa shape index (κ3) is 4.03. The van der Waals surface area contributed by atoms with Crippen LogP contribution < -0.4 is 0 Å². The summed E-state index contributed by atoms with van der Waals surface area (Å²) in [4.78, 5) is 24.0. The number of ether oxygens (including phenoxy) is 1. The second kappa shape index (κ2) is 7.56. The van der Waals surface area contributed by atoms with Gasteiger partial charge in [-0.1, -0.05) is 19.3 Å². The molecule has 0 amide bonds. The Labute approximate surface area is 143 Å². The van der Waals surface area contributed by atoms with Gasteiger partial charge in [-0.15, -0.1) is 4.91 Å². The Kier molecular flexibility index (Phi) is 5.87. The summed E-state index contributed by atoms with van der Waals surface area (Å²) in [6.07, 6.45) is -1.15. The molecule has 1 aliphatic heterocycles. The molecule has 1 saturated heterocycles. The molecule has 0 N–H and O–H groups in total. The van der Waals surface area contributed by atoms with E-state index < -0.39 is 24.0 Å². The normalized spacial score (nSPS) is 26.7. The van der Waals surface area contributed by atoms with Crippen LogP contribution in [-0.4, -0.2) is 46.5 Å². The predicted molar refractivity (Wildman–Crippen MR) is 80.4 cm³/mol. The van der Waals surface area contributed by atoms with E-state index in [4.69, 9.17) is 0 Å². The first-order valence-electron chi connectivity index (χ1n) is 8.35. The number of hydrogen-bond donors (Lipinski definition) is 0. The van der Waals surface area contributed by atoms with Crippen LogP contribution in [0.2, 0.25) is 0 Å². The van der Waals surface area contributed by atoms with Crippen molar-refractivity contribution < 1.29 is 22.7 Å². The van der Waals surface area contributed by atoms with Crippen molar-refractivity contribution in [3.63, 3.8) is 0 Å². The summed E-state index contributed by atoms with van der Waals surface area (Å²) in [5.74, 6) is -2.41. The van der Waals surface area contributed by atoms with E-state index in [9.17, 15) is 28.1 Å². The number of rotatable bonds is 5. The Balaban J connectivity index is 2.20. The van der Waals surface area contributed by atoms with E-state index in [-0.39, 0.29) is 19.0 Å². The van der Waals surface area contributed by atoms with Crippen LogP contribution in [-0.2, 0) is 9.53 Å². The first-order valence-corrected chi connectivity index (χ1v) is 8.35. The van der Waals surface area contributed by atoms with Crippen molar-refractivity contribution in [2.75, 3.05) is 6.54 Å². The molecular formula is C15H21F3N4O3. The van der Waals surface area contributed by atoms with Gasteiger partial charge in [0.15, 0.2) is 0 Å². The van der Waals surface area contributed by atoms with E-state index in [2.05, 4.69) is 10.0 Å². The molecule has 140 valence electrons. The number of hydrogen-bond acceptors (Lipinski definition) is 6. The van der Waals surface area contributed by atoms with Gasteiger partial charge < -0.3 is 4.74 Å². The van der Waals surface area contributed by atoms with Gasteiger partial charge in [-0.2, -0.15) is 18.4 Å². The Morgan fingerprint density at radius 2 is 2.00 bits per heavy atom. The monoisotopic (exact) mass is 362 g/mol. The van der Waals surface area contributed by atoms with Gasteiger partial charge in [-0.3, -0.25) is 0 Å². The molecule has 1 aliphatic carbocycles. The number of nitrogens with zero attached hydrogens (tertiary/aromatic N) is 4. The molecule has 0 bridgehead atoms. The van der Waals surface area contributed by atoms with E-state index in [0.29, 0.717) is 6.42 Å². The number of alkyl halides is 3. The third-order valence-corrected chi connectivity index (χ3v) is 4.92. The summed E-state index contributed by atoms with van der Waals surface area (Å²) in [5.41, 5.74) is -2.04. The number of esters is 1. The number of nitriles is 1.